The summed E-state index contributed by atoms with van der Waals surface area (Å²) < 4.78 is 5.68. The number of carbonyl (C=O) groups excluding carboxylic acids is 1. The number of nitrogens with zero attached hydrogens (tertiary/aromatic N) is 1. The molecule has 2 aromatic rings. The monoisotopic (exact) mass is 391 g/mol. The molecule has 1 aromatic carbocycles. The molecule has 1 fully saturated rings. The van der Waals surface area contributed by atoms with Crippen LogP contribution in [-0.4, -0.2) is 30.0 Å². The lowest BCUT2D eigenvalue weighted by Crippen LogP contribution is -2.36. The third-order valence-corrected chi connectivity index (χ3v) is 3.93. The minimum absolute atomic E-state index is 0. The van der Waals surface area contributed by atoms with Crippen LogP contribution in [0.25, 0.3) is 11.3 Å². The van der Waals surface area contributed by atoms with E-state index in [0.29, 0.717) is 29.5 Å². The van der Waals surface area contributed by atoms with Gasteiger partial charge >= 0.3 is 0 Å². The highest BCUT2D eigenvalue weighted by Gasteiger charge is 2.17. The van der Waals surface area contributed by atoms with Crippen molar-refractivity contribution in [1.82, 2.24) is 15.6 Å². The number of nitrogens with one attached hydrogen (secondary N) is 2. The number of hydrogen-bond acceptors (Lipinski definition) is 4. The zero-order valence-corrected chi connectivity index (χ0v) is 15.3. The molecule has 8 heteroatoms. The first-order valence-corrected chi connectivity index (χ1v) is 7.79. The fraction of sp³-hybridized carbons (Fsp3) is 0.375. The second-order valence-corrected chi connectivity index (χ2v) is 5.82. The summed E-state index contributed by atoms with van der Waals surface area (Å²) in [5, 5.41) is 6.91. The van der Waals surface area contributed by atoms with Crippen molar-refractivity contribution >= 4 is 42.3 Å². The minimum atomic E-state index is 0. The summed E-state index contributed by atoms with van der Waals surface area (Å²) in [6, 6.07) is 7.63. The Balaban J connectivity index is 0.00000144. The maximum atomic E-state index is 11.9. The Hall–Kier alpha value is -1.27. The second-order valence-electron chi connectivity index (χ2n) is 5.38. The normalized spacial score (nSPS) is 16.1. The van der Waals surface area contributed by atoms with Crippen LogP contribution in [0.1, 0.15) is 18.7 Å². The molecule has 1 saturated heterocycles. The predicted molar refractivity (Wildman–Crippen MR) is 99.2 cm³/mol. The fourth-order valence-electron chi connectivity index (χ4n) is 2.47. The fourth-order valence-corrected chi connectivity index (χ4v) is 2.60. The number of hydrogen-bond donors (Lipinski definition) is 2. The zero-order valence-electron chi connectivity index (χ0n) is 13.0. The molecular weight excluding hydrogens is 373 g/mol. The first kappa shape index (κ1) is 20.8. The highest BCUT2D eigenvalue weighted by Crippen LogP contribution is 2.22. The predicted octanol–water partition coefficient (Wildman–Crippen LogP) is 3.25. The van der Waals surface area contributed by atoms with E-state index in [2.05, 4.69) is 15.6 Å². The van der Waals surface area contributed by atoms with Crippen molar-refractivity contribution in [2.24, 2.45) is 0 Å². The van der Waals surface area contributed by atoms with Crippen LogP contribution in [0.3, 0.4) is 0 Å². The quantitative estimate of drug-likeness (QED) is 0.819. The van der Waals surface area contributed by atoms with Crippen molar-refractivity contribution in [2.45, 2.75) is 25.3 Å². The molecule has 0 aliphatic carbocycles. The maximum absolute atomic E-state index is 11.9. The van der Waals surface area contributed by atoms with Gasteiger partial charge < -0.3 is 15.1 Å². The summed E-state index contributed by atoms with van der Waals surface area (Å²) in [4.78, 5) is 16.1. The molecule has 132 valence electrons. The van der Waals surface area contributed by atoms with Gasteiger partial charge in [-0.05, 0) is 37.2 Å². The van der Waals surface area contributed by atoms with Gasteiger partial charge in [-0.2, -0.15) is 0 Å². The van der Waals surface area contributed by atoms with Gasteiger partial charge in [0.25, 0.3) is 0 Å². The molecule has 1 amide bonds. The van der Waals surface area contributed by atoms with E-state index in [1.807, 2.05) is 24.3 Å². The standard InChI is InChI=1S/C16H18ClN3O2.2ClH/c17-12-3-1-11(2-4-12)14-10-19-16(22-14)6-5-15(21)20-13-7-8-18-9-13;;/h1-4,10,13,18H,5-9H2,(H,20,21);2*1H. The average molecular weight is 393 g/mol. The van der Waals surface area contributed by atoms with E-state index in [1.54, 1.807) is 6.20 Å². The molecule has 24 heavy (non-hydrogen) atoms. The zero-order chi connectivity index (χ0) is 15.4. The molecule has 0 saturated carbocycles. The maximum Gasteiger partial charge on any atom is 0.220 e. The highest BCUT2D eigenvalue weighted by atomic mass is 35.5. The van der Waals surface area contributed by atoms with Crippen LogP contribution in [0, 0.1) is 0 Å². The number of halogens is 3. The van der Waals surface area contributed by atoms with E-state index < -0.39 is 0 Å². The molecule has 1 atom stereocenters. The number of oxazole rings is 1. The molecular formula is C16H20Cl3N3O2. The van der Waals surface area contributed by atoms with Gasteiger partial charge in [0, 0.05) is 36.0 Å². The molecule has 3 rings (SSSR count). The van der Waals surface area contributed by atoms with E-state index in [-0.39, 0.29) is 36.8 Å². The van der Waals surface area contributed by atoms with Crippen molar-refractivity contribution in [2.75, 3.05) is 13.1 Å². The van der Waals surface area contributed by atoms with Gasteiger partial charge in [-0.3, -0.25) is 4.79 Å². The molecule has 2 heterocycles. The number of aromatic nitrogens is 1. The highest BCUT2D eigenvalue weighted by molar-refractivity contribution is 6.30. The van der Waals surface area contributed by atoms with Crippen molar-refractivity contribution in [3.63, 3.8) is 0 Å². The summed E-state index contributed by atoms with van der Waals surface area (Å²) in [6.07, 6.45) is 3.56. The van der Waals surface area contributed by atoms with Gasteiger partial charge in [0.15, 0.2) is 11.7 Å². The van der Waals surface area contributed by atoms with Crippen LogP contribution in [0.5, 0.6) is 0 Å². The van der Waals surface area contributed by atoms with Crippen molar-refractivity contribution < 1.29 is 9.21 Å². The lowest BCUT2D eigenvalue weighted by atomic mass is 10.2. The lowest BCUT2D eigenvalue weighted by molar-refractivity contribution is -0.121. The van der Waals surface area contributed by atoms with Crippen LogP contribution in [0.15, 0.2) is 34.9 Å². The first-order valence-electron chi connectivity index (χ1n) is 7.41. The van der Waals surface area contributed by atoms with Crippen molar-refractivity contribution in [3.05, 3.63) is 41.4 Å². The average Bonchev–Trinajstić information content (AvgIpc) is 3.17. The Morgan fingerprint density at radius 3 is 2.75 bits per heavy atom. The van der Waals surface area contributed by atoms with Crippen LogP contribution < -0.4 is 10.6 Å². The van der Waals surface area contributed by atoms with E-state index in [0.717, 1.165) is 25.1 Å². The van der Waals surface area contributed by atoms with Crippen LogP contribution in [0.2, 0.25) is 5.02 Å². The number of carbonyl (C=O) groups is 1. The lowest BCUT2D eigenvalue weighted by Gasteiger charge is -2.10. The third kappa shape index (κ3) is 5.67. The van der Waals surface area contributed by atoms with E-state index >= 15 is 0 Å². The number of rotatable bonds is 5. The number of aryl methyl sites for hydroxylation is 1. The topological polar surface area (TPSA) is 67.2 Å². The van der Waals surface area contributed by atoms with Gasteiger partial charge in [0.1, 0.15) is 0 Å². The SMILES string of the molecule is Cl.Cl.O=C(CCc1ncc(-c2ccc(Cl)cc2)o1)NC1CCNC1. The molecule has 1 aliphatic rings. The van der Waals surface area contributed by atoms with Gasteiger partial charge in [-0.25, -0.2) is 4.98 Å². The van der Waals surface area contributed by atoms with E-state index in [4.69, 9.17) is 16.0 Å². The second kappa shape index (κ2) is 9.89. The van der Waals surface area contributed by atoms with Gasteiger partial charge in [-0.15, -0.1) is 24.8 Å². The summed E-state index contributed by atoms with van der Waals surface area (Å²) in [7, 11) is 0. The summed E-state index contributed by atoms with van der Waals surface area (Å²) in [6.45, 7) is 1.82. The van der Waals surface area contributed by atoms with Crippen molar-refractivity contribution in [1.29, 1.82) is 0 Å². The minimum Gasteiger partial charge on any atom is -0.441 e. The summed E-state index contributed by atoms with van der Waals surface area (Å²) in [5.41, 5.74) is 0.921. The van der Waals surface area contributed by atoms with Crippen LogP contribution in [-0.2, 0) is 11.2 Å². The molecule has 0 bridgehead atoms. The Morgan fingerprint density at radius 1 is 1.33 bits per heavy atom. The number of amides is 1. The number of benzene rings is 1. The summed E-state index contributed by atoms with van der Waals surface area (Å²) in [5.74, 6) is 1.30. The Kier molecular flexibility index (Phi) is 8.56. The smallest absolute Gasteiger partial charge is 0.220 e. The molecule has 0 spiro atoms. The van der Waals surface area contributed by atoms with Crippen LogP contribution >= 0.6 is 36.4 Å². The molecule has 0 radical (unpaired) electrons. The van der Waals surface area contributed by atoms with Gasteiger partial charge in [-0.1, -0.05) is 11.6 Å². The third-order valence-electron chi connectivity index (χ3n) is 3.67. The molecule has 5 nitrogen and oxygen atoms in total. The molecule has 1 unspecified atom stereocenters. The van der Waals surface area contributed by atoms with E-state index in [9.17, 15) is 4.79 Å². The Bertz CT molecular complexity index is 640. The molecule has 2 N–H and O–H groups in total. The van der Waals surface area contributed by atoms with Gasteiger partial charge in [0.05, 0.1) is 6.20 Å². The first-order chi connectivity index (χ1) is 10.7. The van der Waals surface area contributed by atoms with Crippen molar-refractivity contribution in [3.8, 4) is 11.3 Å². The van der Waals surface area contributed by atoms with Crippen LogP contribution in [0.4, 0.5) is 0 Å². The Labute approximate surface area is 158 Å². The summed E-state index contributed by atoms with van der Waals surface area (Å²) >= 11 is 5.86. The largest absolute Gasteiger partial charge is 0.441 e. The molecule has 1 aromatic heterocycles. The Morgan fingerprint density at radius 2 is 2.08 bits per heavy atom. The molecule has 1 aliphatic heterocycles. The van der Waals surface area contributed by atoms with E-state index in [1.165, 1.54) is 0 Å². The van der Waals surface area contributed by atoms with Gasteiger partial charge in [0.2, 0.25) is 5.91 Å².